The molecule has 1 unspecified atom stereocenters. The quantitative estimate of drug-likeness (QED) is 0.222. The van der Waals surface area contributed by atoms with Crippen LogP contribution in [0.4, 0.5) is 0 Å². The maximum Gasteiger partial charge on any atom is 0.330 e. The molecule has 1 rings (SSSR count). The minimum absolute atomic E-state index is 0.0402. The van der Waals surface area contributed by atoms with Gasteiger partial charge in [0.2, 0.25) is 11.8 Å². The van der Waals surface area contributed by atoms with Crippen molar-refractivity contribution in [3.05, 3.63) is 12.7 Å². The molecule has 5 heteroatoms. The topological polar surface area (TPSA) is 72.5 Å². The Bertz CT molecular complexity index is 420. The van der Waals surface area contributed by atoms with E-state index >= 15 is 0 Å². The highest BCUT2D eigenvalue weighted by Crippen LogP contribution is 2.19. The summed E-state index contributed by atoms with van der Waals surface area (Å²) in [7, 11) is 0. The highest BCUT2D eigenvalue weighted by atomic mass is 16.5. The smallest absolute Gasteiger partial charge is 0.330 e. The average molecular weight is 368 g/mol. The summed E-state index contributed by atoms with van der Waals surface area (Å²) in [5.41, 5.74) is 0. The zero-order chi connectivity index (χ0) is 19.6. The van der Waals surface area contributed by atoms with E-state index in [9.17, 15) is 14.4 Å². The van der Waals surface area contributed by atoms with E-state index < -0.39 is 0 Å². The summed E-state index contributed by atoms with van der Waals surface area (Å²) in [4.78, 5) is 32.4. The molecule has 1 saturated heterocycles. The Hall–Kier alpha value is -1.65. The molecule has 1 heterocycles. The molecule has 26 heavy (non-hydrogen) atoms. The van der Waals surface area contributed by atoms with Gasteiger partial charge < -0.3 is 4.74 Å². The Labute approximate surface area is 158 Å². The van der Waals surface area contributed by atoms with Crippen LogP contribution in [-0.4, -0.2) is 24.4 Å². The number of amides is 2. The summed E-state index contributed by atoms with van der Waals surface area (Å²) < 4.78 is 4.43. The fraction of sp³-hybridized carbons (Fsp3) is 0.762. The number of hydrogen-bond donors (Lipinski definition) is 1. The van der Waals surface area contributed by atoms with Gasteiger partial charge in [-0.2, -0.15) is 0 Å². The highest BCUT2D eigenvalue weighted by Gasteiger charge is 2.29. The van der Waals surface area contributed by atoms with Gasteiger partial charge in [0.15, 0.2) is 0 Å². The Balaban J connectivity index is 0.000000758. The zero-order valence-corrected chi connectivity index (χ0v) is 16.7. The van der Waals surface area contributed by atoms with Crippen LogP contribution in [0.15, 0.2) is 12.7 Å². The summed E-state index contributed by atoms with van der Waals surface area (Å²) >= 11 is 0. The number of nitrogens with one attached hydrogen (secondary N) is 1. The van der Waals surface area contributed by atoms with Gasteiger partial charge in [-0.1, -0.05) is 77.7 Å². The van der Waals surface area contributed by atoms with Crippen LogP contribution in [0.1, 0.15) is 90.9 Å². The number of ether oxygens (including phenoxy) is 1. The highest BCUT2D eigenvalue weighted by molar-refractivity contribution is 6.03. The molecule has 0 aromatic carbocycles. The number of hydrogen-bond acceptors (Lipinski definition) is 4. The van der Waals surface area contributed by atoms with Crippen LogP contribution in [0.25, 0.3) is 0 Å². The van der Waals surface area contributed by atoms with Gasteiger partial charge in [0, 0.05) is 18.4 Å². The average Bonchev–Trinajstić information content (AvgIpc) is 2.94. The standard InChI is InChI=1S/C16H29NO2.C5H8O2/c1-2-3-4-5-6-7-8-9-10-11-12-14-13-15(18)17-16(14)19;1-3-5(6)7-4-2/h14H,2-13H2,1H3,(H,17,18,19);3H,1,4H2,2H3. The lowest BCUT2D eigenvalue weighted by Crippen LogP contribution is -2.21. The fourth-order valence-corrected chi connectivity index (χ4v) is 2.92. The lowest BCUT2D eigenvalue weighted by molar-refractivity contribution is -0.137. The monoisotopic (exact) mass is 367 g/mol. The molecule has 2 amide bonds. The van der Waals surface area contributed by atoms with Crippen molar-refractivity contribution in [3.8, 4) is 0 Å². The van der Waals surface area contributed by atoms with Gasteiger partial charge in [0.1, 0.15) is 0 Å². The van der Waals surface area contributed by atoms with E-state index in [1.165, 1.54) is 57.8 Å². The van der Waals surface area contributed by atoms with Crippen LogP contribution in [0.2, 0.25) is 0 Å². The number of unbranched alkanes of at least 4 members (excludes halogenated alkanes) is 9. The van der Waals surface area contributed by atoms with Crippen LogP contribution in [-0.2, 0) is 19.1 Å². The van der Waals surface area contributed by atoms with E-state index in [1.54, 1.807) is 6.92 Å². The lowest BCUT2D eigenvalue weighted by atomic mass is 9.98. The Morgan fingerprint density at radius 2 is 1.58 bits per heavy atom. The maximum atomic E-state index is 11.3. The predicted molar refractivity (Wildman–Crippen MR) is 105 cm³/mol. The third-order valence-electron chi connectivity index (χ3n) is 4.42. The molecule has 0 spiro atoms. The van der Waals surface area contributed by atoms with E-state index in [2.05, 4.69) is 23.6 Å². The number of carbonyl (C=O) groups is 3. The Morgan fingerprint density at radius 3 is 1.96 bits per heavy atom. The Kier molecular flexibility index (Phi) is 15.7. The zero-order valence-electron chi connectivity index (χ0n) is 16.7. The molecular formula is C21H37NO4. The van der Waals surface area contributed by atoms with E-state index in [0.717, 1.165) is 18.9 Å². The first-order chi connectivity index (χ1) is 12.5. The van der Waals surface area contributed by atoms with Gasteiger partial charge >= 0.3 is 5.97 Å². The van der Waals surface area contributed by atoms with Gasteiger partial charge in [-0.3, -0.25) is 14.9 Å². The van der Waals surface area contributed by atoms with Crippen LogP contribution in [0.3, 0.4) is 0 Å². The van der Waals surface area contributed by atoms with E-state index in [4.69, 9.17) is 0 Å². The van der Waals surface area contributed by atoms with Crippen molar-refractivity contribution >= 4 is 17.8 Å². The van der Waals surface area contributed by atoms with Crippen molar-refractivity contribution < 1.29 is 19.1 Å². The molecule has 0 radical (unpaired) electrons. The molecule has 0 aliphatic carbocycles. The van der Waals surface area contributed by atoms with Crippen molar-refractivity contribution in [1.82, 2.24) is 5.32 Å². The normalized spacial score (nSPS) is 15.8. The molecule has 1 fully saturated rings. The van der Waals surface area contributed by atoms with E-state index in [1.807, 2.05) is 0 Å². The SMILES string of the molecule is C=CC(=O)OCC.CCCCCCCCCCCCC1CC(=O)NC1=O. The van der Waals surface area contributed by atoms with E-state index in [-0.39, 0.29) is 23.7 Å². The van der Waals surface area contributed by atoms with Gasteiger partial charge in [0.05, 0.1) is 6.61 Å². The fourth-order valence-electron chi connectivity index (χ4n) is 2.92. The first kappa shape index (κ1) is 24.4. The van der Waals surface area contributed by atoms with Crippen molar-refractivity contribution in [3.63, 3.8) is 0 Å². The van der Waals surface area contributed by atoms with Gasteiger partial charge in [-0.05, 0) is 13.3 Å². The second-order valence-electron chi connectivity index (χ2n) is 6.74. The summed E-state index contributed by atoms with van der Waals surface area (Å²) in [6.07, 6.45) is 15.5. The van der Waals surface area contributed by atoms with Gasteiger partial charge in [-0.25, -0.2) is 4.79 Å². The van der Waals surface area contributed by atoms with Crippen molar-refractivity contribution in [2.24, 2.45) is 5.92 Å². The van der Waals surface area contributed by atoms with Crippen LogP contribution < -0.4 is 5.32 Å². The van der Waals surface area contributed by atoms with Crippen molar-refractivity contribution in [2.45, 2.75) is 90.9 Å². The minimum atomic E-state index is -0.359. The second-order valence-corrected chi connectivity index (χ2v) is 6.74. The number of rotatable bonds is 13. The minimum Gasteiger partial charge on any atom is -0.463 e. The number of esters is 1. The molecular weight excluding hydrogens is 330 g/mol. The number of imide groups is 1. The molecule has 0 bridgehead atoms. The summed E-state index contributed by atoms with van der Waals surface area (Å²) in [5, 5.41) is 2.37. The largest absolute Gasteiger partial charge is 0.463 e. The van der Waals surface area contributed by atoms with Crippen LogP contribution >= 0.6 is 0 Å². The molecule has 1 N–H and O–H groups in total. The molecule has 1 aliphatic heterocycles. The third-order valence-corrected chi connectivity index (χ3v) is 4.42. The molecule has 0 aromatic heterocycles. The van der Waals surface area contributed by atoms with Crippen LogP contribution in [0, 0.1) is 5.92 Å². The van der Waals surface area contributed by atoms with Crippen LogP contribution in [0.5, 0.6) is 0 Å². The molecule has 1 atom stereocenters. The number of carbonyl (C=O) groups excluding carboxylic acids is 3. The summed E-state index contributed by atoms with van der Waals surface area (Å²) in [6.45, 7) is 7.63. The molecule has 0 aromatic rings. The molecule has 1 aliphatic rings. The predicted octanol–water partition coefficient (Wildman–Crippen LogP) is 4.70. The third kappa shape index (κ3) is 13.6. The molecule has 150 valence electrons. The van der Waals surface area contributed by atoms with Gasteiger partial charge in [0.25, 0.3) is 0 Å². The first-order valence-electron chi connectivity index (χ1n) is 10.2. The van der Waals surface area contributed by atoms with Gasteiger partial charge in [-0.15, -0.1) is 0 Å². The summed E-state index contributed by atoms with van der Waals surface area (Å²) in [6, 6.07) is 0. The van der Waals surface area contributed by atoms with Crippen molar-refractivity contribution in [2.75, 3.05) is 6.61 Å². The molecule has 5 nitrogen and oxygen atoms in total. The first-order valence-corrected chi connectivity index (χ1v) is 10.2. The van der Waals surface area contributed by atoms with Crippen molar-refractivity contribution in [1.29, 1.82) is 0 Å². The second kappa shape index (κ2) is 16.8. The lowest BCUT2D eigenvalue weighted by Gasteiger charge is -2.05. The maximum absolute atomic E-state index is 11.3. The molecule has 0 saturated carbocycles. The summed E-state index contributed by atoms with van der Waals surface area (Å²) in [5.74, 6) is -0.549. The van der Waals surface area contributed by atoms with E-state index in [0.29, 0.717) is 13.0 Å². The Morgan fingerprint density at radius 1 is 1.04 bits per heavy atom.